The van der Waals surface area contributed by atoms with Crippen LogP contribution in [0, 0.1) is 0 Å². The highest BCUT2D eigenvalue weighted by Gasteiger charge is 2.30. The van der Waals surface area contributed by atoms with E-state index in [-0.39, 0.29) is 0 Å². The molecule has 1 heterocycles. The number of piperazine rings is 1. The van der Waals surface area contributed by atoms with Crippen molar-refractivity contribution in [1.82, 2.24) is 9.80 Å². The normalized spacial score (nSPS) is 19.0. The first-order chi connectivity index (χ1) is 16.2. The molecule has 1 aliphatic heterocycles. The Hall–Kier alpha value is -2.82. The lowest BCUT2D eigenvalue weighted by Gasteiger charge is -2.40. The number of rotatable bonds is 6. The number of hydrogen-bond donors (Lipinski definition) is 1. The number of nitrogens with zero attached hydrogens (tertiary/aromatic N) is 3. The molecule has 3 aromatic rings. The van der Waals surface area contributed by atoms with Gasteiger partial charge in [-0.15, -0.1) is 0 Å². The second-order valence-corrected chi connectivity index (χ2v) is 9.62. The fourth-order valence-corrected chi connectivity index (χ4v) is 5.43. The molecule has 1 saturated heterocycles. The van der Waals surface area contributed by atoms with Gasteiger partial charge < -0.3 is 14.9 Å². The van der Waals surface area contributed by atoms with Gasteiger partial charge in [-0.1, -0.05) is 60.7 Å². The Morgan fingerprint density at radius 1 is 0.788 bits per heavy atom. The zero-order valence-electron chi connectivity index (χ0n) is 19.7. The van der Waals surface area contributed by atoms with Crippen molar-refractivity contribution in [3.63, 3.8) is 0 Å². The number of likely N-dealkylation sites (N-methyl/N-ethyl adjacent to an activating group) is 1. The molecule has 4 heteroatoms. The molecule has 5 rings (SSSR count). The van der Waals surface area contributed by atoms with Crippen molar-refractivity contribution in [2.45, 2.75) is 38.4 Å². The van der Waals surface area contributed by atoms with Crippen molar-refractivity contribution < 1.29 is 5.11 Å². The molecule has 0 spiro atoms. The molecule has 4 nitrogen and oxygen atoms in total. The van der Waals surface area contributed by atoms with Crippen molar-refractivity contribution >= 4 is 5.69 Å². The lowest BCUT2D eigenvalue weighted by molar-refractivity contribution is 0.162. The number of fused-ring (bicyclic) bond motifs is 1. The third-order valence-corrected chi connectivity index (χ3v) is 7.37. The molecule has 1 N–H and O–H groups in total. The zero-order chi connectivity index (χ0) is 22.6. The fourth-order valence-electron chi connectivity index (χ4n) is 5.43. The molecule has 1 fully saturated rings. The van der Waals surface area contributed by atoms with E-state index in [1.165, 1.54) is 27.9 Å². The predicted molar refractivity (Wildman–Crippen MR) is 136 cm³/mol. The minimum Gasteiger partial charge on any atom is -0.508 e. The van der Waals surface area contributed by atoms with E-state index in [2.05, 4.69) is 88.5 Å². The molecule has 0 unspecified atom stereocenters. The highest BCUT2D eigenvalue weighted by Crippen LogP contribution is 2.38. The van der Waals surface area contributed by atoms with Crippen LogP contribution in [0.5, 0.6) is 5.75 Å². The van der Waals surface area contributed by atoms with Gasteiger partial charge in [0, 0.05) is 51.0 Å². The number of benzene rings is 3. The summed E-state index contributed by atoms with van der Waals surface area (Å²) in [6, 6.07) is 26.2. The number of anilines is 1. The molecular weight excluding hydrogens is 406 g/mol. The van der Waals surface area contributed by atoms with E-state index in [9.17, 15) is 5.11 Å². The monoisotopic (exact) mass is 441 g/mol. The maximum atomic E-state index is 10.7. The topological polar surface area (TPSA) is 30.0 Å². The van der Waals surface area contributed by atoms with Gasteiger partial charge in [-0.2, -0.15) is 0 Å². The summed E-state index contributed by atoms with van der Waals surface area (Å²) in [5.74, 6) is 0.471. The molecule has 1 aliphatic carbocycles. The molecule has 0 amide bonds. The Labute approximate surface area is 198 Å². The first-order valence-electron chi connectivity index (χ1n) is 12.3. The zero-order valence-corrected chi connectivity index (χ0v) is 19.7. The van der Waals surface area contributed by atoms with Crippen molar-refractivity contribution in [3.8, 4) is 5.75 Å². The predicted octanol–water partition coefficient (Wildman–Crippen LogP) is 4.70. The van der Waals surface area contributed by atoms with Crippen molar-refractivity contribution in [1.29, 1.82) is 0 Å². The fraction of sp³-hybridized carbons (Fsp3) is 0.379. The maximum absolute atomic E-state index is 10.7. The lowest BCUT2D eigenvalue weighted by atomic mass is 9.85. The average molecular weight is 442 g/mol. The van der Waals surface area contributed by atoms with Crippen LogP contribution in [0.15, 0.2) is 72.8 Å². The average Bonchev–Trinajstić information content (AvgIpc) is 2.86. The highest BCUT2D eigenvalue weighted by molar-refractivity contribution is 5.62. The summed E-state index contributed by atoms with van der Waals surface area (Å²) in [6.45, 7) is 6.17. The molecule has 0 saturated carbocycles. The number of phenols is 1. The van der Waals surface area contributed by atoms with Crippen LogP contribution in [0.4, 0.5) is 5.69 Å². The van der Waals surface area contributed by atoms with Gasteiger partial charge in [0.25, 0.3) is 0 Å². The second kappa shape index (κ2) is 9.98. The summed E-state index contributed by atoms with van der Waals surface area (Å²) in [6.07, 6.45) is 3.00. The summed E-state index contributed by atoms with van der Waals surface area (Å²) in [5.41, 5.74) is 6.58. The van der Waals surface area contributed by atoms with Gasteiger partial charge in [0.05, 0.1) is 0 Å². The van der Waals surface area contributed by atoms with Gasteiger partial charge in [0.15, 0.2) is 0 Å². The minimum absolute atomic E-state index is 0.450. The molecule has 1 atom stereocenters. The van der Waals surface area contributed by atoms with Crippen LogP contribution in [-0.2, 0) is 25.9 Å². The van der Waals surface area contributed by atoms with Crippen LogP contribution in [-0.4, -0.2) is 54.2 Å². The number of aromatic hydroxyl groups is 1. The Morgan fingerprint density at radius 3 is 2.00 bits per heavy atom. The smallest absolute Gasteiger partial charge is 0.119 e. The van der Waals surface area contributed by atoms with E-state index in [0.29, 0.717) is 11.8 Å². The van der Waals surface area contributed by atoms with Crippen LogP contribution < -0.4 is 4.90 Å². The van der Waals surface area contributed by atoms with Gasteiger partial charge >= 0.3 is 0 Å². The molecule has 0 radical (unpaired) electrons. The first-order valence-corrected chi connectivity index (χ1v) is 12.3. The van der Waals surface area contributed by atoms with E-state index in [4.69, 9.17) is 0 Å². The Bertz CT molecular complexity index is 1000. The van der Waals surface area contributed by atoms with Crippen LogP contribution in [0.3, 0.4) is 0 Å². The van der Waals surface area contributed by atoms with Crippen molar-refractivity contribution in [3.05, 3.63) is 95.1 Å². The van der Waals surface area contributed by atoms with Crippen molar-refractivity contribution in [2.24, 2.45) is 0 Å². The van der Waals surface area contributed by atoms with Crippen molar-refractivity contribution in [2.75, 3.05) is 38.1 Å². The molecule has 33 heavy (non-hydrogen) atoms. The minimum atomic E-state index is 0.450. The molecule has 0 bridgehead atoms. The molecule has 2 aliphatic rings. The van der Waals surface area contributed by atoms with E-state index >= 15 is 0 Å². The SMILES string of the molecule is CN1CCN(c2ccc(O)c3c2C[C@H](N(Cc2ccccc2)Cc2ccccc2)CC3)CC1. The van der Waals surface area contributed by atoms with Gasteiger partial charge in [-0.3, -0.25) is 4.90 Å². The summed E-state index contributed by atoms with van der Waals surface area (Å²) >= 11 is 0. The molecule has 172 valence electrons. The van der Waals surface area contributed by atoms with Crippen LogP contribution >= 0.6 is 0 Å². The quantitative estimate of drug-likeness (QED) is 0.600. The van der Waals surface area contributed by atoms with Gasteiger partial charge in [-0.05, 0) is 60.7 Å². The van der Waals surface area contributed by atoms with Gasteiger partial charge in [-0.25, -0.2) is 0 Å². The Kier molecular flexibility index (Phi) is 6.65. The summed E-state index contributed by atoms with van der Waals surface area (Å²) in [7, 11) is 2.20. The summed E-state index contributed by atoms with van der Waals surface area (Å²) in [5, 5.41) is 10.7. The van der Waals surface area contributed by atoms with E-state index in [1.54, 1.807) is 0 Å². The largest absolute Gasteiger partial charge is 0.508 e. The summed E-state index contributed by atoms with van der Waals surface area (Å²) < 4.78 is 0. The Morgan fingerprint density at radius 2 is 1.39 bits per heavy atom. The number of phenolic OH excluding ortho intramolecular Hbond substituents is 1. The lowest BCUT2D eigenvalue weighted by Crippen LogP contribution is -2.45. The molecular formula is C29H35N3O. The maximum Gasteiger partial charge on any atom is 0.119 e. The van der Waals surface area contributed by atoms with E-state index < -0.39 is 0 Å². The van der Waals surface area contributed by atoms with Gasteiger partial charge in [0.1, 0.15) is 5.75 Å². The molecule has 3 aromatic carbocycles. The second-order valence-electron chi connectivity index (χ2n) is 9.62. The van der Waals surface area contributed by atoms with Gasteiger partial charge in [0.2, 0.25) is 0 Å². The summed E-state index contributed by atoms with van der Waals surface area (Å²) in [4.78, 5) is 7.57. The standard InChI is InChI=1S/C29H35N3O/c1-30-16-18-31(19-17-30)28-14-15-29(33)26-13-12-25(20-27(26)28)32(21-23-8-4-2-5-9-23)22-24-10-6-3-7-11-24/h2-11,14-15,25,33H,12-13,16-22H2,1H3/t25-/m1/s1. The van der Waals surface area contributed by atoms with Crippen LogP contribution in [0.25, 0.3) is 0 Å². The third-order valence-electron chi connectivity index (χ3n) is 7.37. The third kappa shape index (κ3) is 5.07. The van der Waals surface area contributed by atoms with Crippen LogP contribution in [0.2, 0.25) is 0 Å². The highest BCUT2D eigenvalue weighted by atomic mass is 16.3. The van der Waals surface area contributed by atoms with Crippen LogP contribution in [0.1, 0.15) is 28.7 Å². The van der Waals surface area contributed by atoms with E-state index in [1.807, 2.05) is 6.07 Å². The van der Waals surface area contributed by atoms with E-state index in [0.717, 1.165) is 58.5 Å². The Balaban J connectivity index is 1.43. The number of hydrogen-bond acceptors (Lipinski definition) is 4. The first kappa shape index (κ1) is 22.0. The molecule has 0 aromatic heterocycles.